The highest BCUT2D eigenvalue weighted by atomic mass is 79.9. The number of halogens is 2. The molecule has 0 spiro atoms. The molecule has 6 heteroatoms. The molecule has 0 bridgehead atoms. The Labute approximate surface area is 212 Å². The van der Waals surface area contributed by atoms with Gasteiger partial charge in [0.1, 0.15) is 12.4 Å². The summed E-state index contributed by atoms with van der Waals surface area (Å²) in [6, 6.07) is 14.5. The number of rotatable bonds is 9. The molecule has 1 heterocycles. The van der Waals surface area contributed by atoms with Crippen molar-refractivity contribution in [1.82, 2.24) is 9.80 Å². The number of benzene rings is 2. The second kappa shape index (κ2) is 12.2. The van der Waals surface area contributed by atoms with Crippen molar-refractivity contribution in [1.29, 1.82) is 0 Å². The monoisotopic (exact) mass is 534 g/mol. The molecule has 1 fully saturated rings. The Morgan fingerprint density at radius 1 is 1.09 bits per heavy atom. The van der Waals surface area contributed by atoms with E-state index in [-0.39, 0.29) is 12.1 Å². The zero-order valence-electron chi connectivity index (χ0n) is 20.2. The van der Waals surface area contributed by atoms with Crippen molar-refractivity contribution in [3.63, 3.8) is 0 Å². The van der Waals surface area contributed by atoms with E-state index in [0.717, 1.165) is 53.3 Å². The van der Waals surface area contributed by atoms with E-state index in [9.17, 15) is 4.79 Å². The predicted octanol–water partition coefficient (Wildman–Crippen LogP) is 6.93. The lowest BCUT2D eigenvalue weighted by molar-refractivity contribution is -0.136. The number of hydrogen-bond donors (Lipinski definition) is 0. The molecule has 0 aliphatic carbocycles. The van der Waals surface area contributed by atoms with Crippen molar-refractivity contribution in [2.45, 2.75) is 72.2 Å². The molecule has 0 atom stereocenters. The Balaban J connectivity index is 1.55. The maximum atomic E-state index is 12.8. The zero-order chi connectivity index (χ0) is 24.0. The molecule has 4 nitrogen and oxygen atoms in total. The second-order valence-electron chi connectivity index (χ2n) is 9.58. The van der Waals surface area contributed by atoms with Gasteiger partial charge in [0.25, 0.3) is 0 Å². The van der Waals surface area contributed by atoms with Crippen molar-refractivity contribution in [2.75, 3.05) is 13.1 Å². The summed E-state index contributed by atoms with van der Waals surface area (Å²) in [5.41, 5.74) is 2.27. The Bertz CT molecular complexity index is 901. The van der Waals surface area contributed by atoms with Gasteiger partial charge in [-0.25, -0.2) is 0 Å². The van der Waals surface area contributed by atoms with Gasteiger partial charge in [-0.1, -0.05) is 39.7 Å². The lowest BCUT2D eigenvalue weighted by atomic mass is 9.92. The zero-order valence-corrected chi connectivity index (χ0v) is 22.5. The quantitative estimate of drug-likeness (QED) is 0.349. The van der Waals surface area contributed by atoms with Crippen molar-refractivity contribution < 1.29 is 9.53 Å². The van der Waals surface area contributed by atoms with Crippen molar-refractivity contribution >= 4 is 33.4 Å². The van der Waals surface area contributed by atoms with E-state index < -0.39 is 0 Å². The Hall–Kier alpha value is -1.56. The Kier molecular flexibility index (Phi) is 9.66. The molecule has 1 aliphatic rings. The lowest BCUT2D eigenvalue weighted by Crippen LogP contribution is -2.43. The van der Waals surface area contributed by atoms with Crippen LogP contribution in [0, 0.1) is 5.92 Å². The average Bonchev–Trinajstić information content (AvgIpc) is 2.75. The largest absolute Gasteiger partial charge is 0.489 e. The van der Waals surface area contributed by atoms with Gasteiger partial charge in [-0.2, -0.15) is 0 Å². The van der Waals surface area contributed by atoms with E-state index in [2.05, 4.69) is 54.6 Å². The summed E-state index contributed by atoms with van der Waals surface area (Å²) in [6.45, 7) is 11.8. The number of nitrogens with zero attached hydrogens (tertiary/aromatic N) is 2. The average molecular weight is 536 g/mol. The summed E-state index contributed by atoms with van der Waals surface area (Å²) in [4.78, 5) is 17.3. The van der Waals surface area contributed by atoms with Gasteiger partial charge in [0.05, 0.1) is 0 Å². The first-order chi connectivity index (χ1) is 15.7. The van der Waals surface area contributed by atoms with Crippen molar-refractivity contribution in [2.24, 2.45) is 5.92 Å². The summed E-state index contributed by atoms with van der Waals surface area (Å²) in [6.07, 6.45) is 2.78. The first-order valence-corrected chi connectivity index (χ1v) is 13.1. The normalized spacial score (nSPS) is 15.3. The first-order valence-electron chi connectivity index (χ1n) is 11.9. The van der Waals surface area contributed by atoms with E-state index >= 15 is 0 Å². The van der Waals surface area contributed by atoms with Crippen molar-refractivity contribution in [3.05, 3.63) is 63.1 Å². The molecule has 1 saturated heterocycles. The molecule has 2 aromatic carbocycles. The third kappa shape index (κ3) is 7.73. The minimum Gasteiger partial charge on any atom is -0.489 e. The highest BCUT2D eigenvalue weighted by Crippen LogP contribution is 2.29. The molecule has 1 amide bonds. The van der Waals surface area contributed by atoms with Gasteiger partial charge in [0, 0.05) is 40.1 Å². The van der Waals surface area contributed by atoms with E-state index in [1.54, 1.807) is 0 Å². The molecule has 0 saturated carbocycles. The van der Waals surface area contributed by atoms with Crippen LogP contribution in [0.3, 0.4) is 0 Å². The van der Waals surface area contributed by atoms with Crippen LogP contribution >= 0.6 is 27.5 Å². The molecule has 2 aromatic rings. The number of hydrogen-bond acceptors (Lipinski definition) is 3. The molecule has 33 heavy (non-hydrogen) atoms. The Morgan fingerprint density at radius 3 is 2.33 bits per heavy atom. The minimum absolute atomic E-state index is 0.250. The molecular formula is C27H36BrClN2O2. The molecule has 3 rings (SSSR count). The van der Waals surface area contributed by atoms with E-state index in [0.29, 0.717) is 24.9 Å². The highest BCUT2D eigenvalue weighted by Gasteiger charge is 2.26. The number of carbonyl (C=O) groups excluding carboxylic acids is 1. The number of amides is 1. The SMILES string of the molecule is CC(C)N(C(=O)CC1CCN(Cc2cc(Br)ccc2OCc2ccc(Cl)cc2)CC1)C(C)C. The van der Waals surface area contributed by atoms with Crippen LogP contribution in [-0.2, 0) is 17.9 Å². The fraction of sp³-hybridized carbons (Fsp3) is 0.519. The summed E-state index contributed by atoms with van der Waals surface area (Å²) < 4.78 is 7.22. The summed E-state index contributed by atoms with van der Waals surface area (Å²) in [7, 11) is 0. The van der Waals surface area contributed by atoms with Crippen LogP contribution in [0.5, 0.6) is 5.75 Å². The molecular weight excluding hydrogens is 500 g/mol. The number of ether oxygens (including phenoxy) is 1. The minimum atomic E-state index is 0.250. The third-order valence-electron chi connectivity index (χ3n) is 6.30. The van der Waals surface area contributed by atoms with E-state index in [1.165, 1.54) is 5.56 Å². The molecule has 0 radical (unpaired) electrons. The van der Waals surface area contributed by atoms with E-state index in [1.807, 2.05) is 41.3 Å². The van der Waals surface area contributed by atoms with Crippen molar-refractivity contribution in [3.8, 4) is 5.75 Å². The topological polar surface area (TPSA) is 32.8 Å². The number of piperidine rings is 1. The molecule has 0 unspecified atom stereocenters. The van der Waals surface area contributed by atoms with E-state index in [4.69, 9.17) is 16.3 Å². The maximum absolute atomic E-state index is 12.8. The standard InChI is InChI=1S/C27H36BrClN2O2/c1-19(2)31(20(3)4)27(32)15-21-11-13-30(14-12-21)17-23-16-24(28)7-10-26(23)33-18-22-5-8-25(29)9-6-22/h5-10,16,19-21H,11-15,17-18H2,1-4H3. The van der Waals surface area contributed by atoms with Crippen LogP contribution in [0.25, 0.3) is 0 Å². The smallest absolute Gasteiger partial charge is 0.223 e. The summed E-state index contributed by atoms with van der Waals surface area (Å²) in [5, 5.41) is 0.731. The maximum Gasteiger partial charge on any atom is 0.223 e. The summed E-state index contributed by atoms with van der Waals surface area (Å²) in [5.74, 6) is 1.68. The van der Waals surface area contributed by atoms with Crippen LogP contribution in [0.4, 0.5) is 0 Å². The first kappa shape index (κ1) is 26.1. The second-order valence-corrected chi connectivity index (χ2v) is 10.9. The molecule has 180 valence electrons. The number of carbonyl (C=O) groups is 1. The van der Waals surface area contributed by atoms with Gasteiger partial charge >= 0.3 is 0 Å². The van der Waals surface area contributed by atoms with Crippen LogP contribution in [0.2, 0.25) is 5.02 Å². The summed E-state index contributed by atoms with van der Waals surface area (Å²) >= 11 is 9.60. The molecule has 0 N–H and O–H groups in total. The van der Waals surface area contributed by atoms with Gasteiger partial charge in [0.2, 0.25) is 5.91 Å². The van der Waals surface area contributed by atoms with Gasteiger partial charge in [-0.05, 0) is 95.4 Å². The lowest BCUT2D eigenvalue weighted by Gasteiger charge is -2.35. The fourth-order valence-corrected chi connectivity index (χ4v) is 5.20. The highest BCUT2D eigenvalue weighted by molar-refractivity contribution is 9.10. The van der Waals surface area contributed by atoms with Gasteiger partial charge in [-0.15, -0.1) is 0 Å². The van der Waals surface area contributed by atoms with Crippen LogP contribution in [0.15, 0.2) is 46.9 Å². The van der Waals surface area contributed by atoms with Crippen LogP contribution in [-0.4, -0.2) is 40.9 Å². The fourth-order valence-electron chi connectivity index (χ4n) is 4.67. The number of likely N-dealkylation sites (tertiary alicyclic amines) is 1. The van der Waals surface area contributed by atoms with Gasteiger partial charge < -0.3 is 9.64 Å². The predicted molar refractivity (Wildman–Crippen MR) is 140 cm³/mol. The molecule has 0 aromatic heterocycles. The Morgan fingerprint density at radius 2 is 1.73 bits per heavy atom. The third-order valence-corrected chi connectivity index (χ3v) is 7.04. The van der Waals surface area contributed by atoms with Crippen LogP contribution < -0.4 is 4.74 Å². The van der Waals surface area contributed by atoms with Gasteiger partial charge in [-0.3, -0.25) is 9.69 Å². The van der Waals surface area contributed by atoms with Crippen LogP contribution in [0.1, 0.15) is 58.1 Å². The molecule has 1 aliphatic heterocycles. The van der Waals surface area contributed by atoms with Gasteiger partial charge in [0.15, 0.2) is 0 Å².